The van der Waals surface area contributed by atoms with Gasteiger partial charge < -0.3 is 43.2 Å². The number of nitrogens with zero attached hydrogens (tertiary/aromatic N) is 2. The summed E-state index contributed by atoms with van der Waals surface area (Å²) in [5.41, 5.74) is 17.2. The molecule has 0 aliphatic carbocycles. The Bertz CT molecular complexity index is 914. The Morgan fingerprint density at radius 1 is 1.00 bits per heavy atom. The molecule has 14 nitrogen and oxygen atoms in total. The van der Waals surface area contributed by atoms with Crippen molar-refractivity contribution in [2.45, 2.75) is 77.5 Å². The molecule has 0 saturated carbocycles. The Morgan fingerprint density at radius 2 is 1.59 bits per heavy atom. The Labute approximate surface area is 216 Å². The maximum absolute atomic E-state index is 13.3. The van der Waals surface area contributed by atoms with Gasteiger partial charge in [0.05, 0.1) is 12.4 Å². The maximum Gasteiger partial charge on any atom is 0.326 e. The number of guanidine groups is 1. The summed E-state index contributed by atoms with van der Waals surface area (Å²) in [4.78, 5) is 61.3. The Hall–Kier alpha value is -3.68. The first-order valence-electron chi connectivity index (χ1n) is 12.2. The number of aliphatic imine (C=N–C) groups is 1. The van der Waals surface area contributed by atoms with Gasteiger partial charge in [-0.05, 0) is 31.1 Å². The molecule has 0 aliphatic heterocycles. The van der Waals surface area contributed by atoms with Gasteiger partial charge in [0.15, 0.2) is 5.96 Å². The molecule has 3 amide bonds. The molecule has 14 heteroatoms. The minimum atomic E-state index is -1.18. The fraction of sp³-hybridized carbons (Fsp3) is 0.652. The van der Waals surface area contributed by atoms with Crippen molar-refractivity contribution in [1.82, 2.24) is 25.9 Å². The second-order valence-electron chi connectivity index (χ2n) is 9.65. The van der Waals surface area contributed by atoms with Crippen LogP contribution in [0.5, 0.6) is 0 Å². The van der Waals surface area contributed by atoms with Crippen LogP contribution < -0.4 is 33.2 Å². The highest BCUT2D eigenvalue weighted by atomic mass is 16.4. The number of carbonyl (C=O) groups excluding carboxylic acids is 3. The number of aliphatic carboxylic acids is 1. The van der Waals surface area contributed by atoms with Crippen molar-refractivity contribution in [2.24, 2.45) is 34.0 Å². The molecular weight excluding hydrogens is 482 g/mol. The smallest absolute Gasteiger partial charge is 0.326 e. The lowest BCUT2D eigenvalue weighted by molar-refractivity contribution is -0.142. The quantitative estimate of drug-likeness (QED) is 0.0718. The molecule has 0 aromatic carbocycles. The van der Waals surface area contributed by atoms with Crippen molar-refractivity contribution in [2.75, 3.05) is 6.54 Å². The normalized spacial score (nSPS) is 14.4. The largest absolute Gasteiger partial charge is 0.480 e. The lowest BCUT2D eigenvalue weighted by atomic mass is 10.0. The van der Waals surface area contributed by atoms with Gasteiger partial charge in [-0.3, -0.25) is 19.4 Å². The molecule has 0 spiro atoms. The van der Waals surface area contributed by atoms with E-state index in [2.05, 4.69) is 30.9 Å². The monoisotopic (exact) mass is 523 g/mol. The minimum Gasteiger partial charge on any atom is -0.480 e. The molecule has 4 unspecified atom stereocenters. The highest BCUT2D eigenvalue weighted by Gasteiger charge is 2.31. The molecular formula is C23H41N9O5. The average Bonchev–Trinajstić information content (AvgIpc) is 3.31. The third kappa shape index (κ3) is 11.7. The average molecular weight is 524 g/mol. The molecule has 208 valence electrons. The molecule has 0 fully saturated rings. The number of carbonyl (C=O) groups is 4. The summed E-state index contributed by atoms with van der Waals surface area (Å²) in [5, 5.41) is 17.3. The van der Waals surface area contributed by atoms with Gasteiger partial charge in [0, 0.05) is 24.9 Å². The molecule has 1 aromatic rings. The third-order valence-electron chi connectivity index (χ3n) is 5.53. The molecule has 0 radical (unpaired) electrons. The Morgan fingerprint density at radius 3 is 2.11 bits per heavy atom. The van der Waals surface area contributed by atoms with Crippen molar-refractivity contribution in [3.05, 3.63) is 18.2 Å². The summed E-state index contributed by atoms with van der Waals surface area (Å²) in [5.74, 6) is -3.27. The second-order valence-corrected chi connectivity index (χ2v) is 9.65. The predicted octanol–water partition coefficient (Wildman–Crippen LogP) is -1.43. The lowest BCUT2D eigenvalue weighted by Gasteiger charge is -2.26. The van der Waals surface area contributed by atoms with Crippen molar-refractivity contribution in [3.63, 3.8) is 0 Å². The van der Waals surface area contributed by atoms with E-state index in [0.29, 0.717) is 12.1 Å². The van der Waals surface area contributed by atoms with Gasteiger partial charge in [-0.25, -0.2) is 9.78 Å². The summed E-state index contributed by atoms with van der Waals surface area (Å²) in [6.45, 7) is 7.45. The number of nitrogens with two attached hydrogens (primary N) is 3. The number of nitrogens with one attached hydrogen (secondary N) is 4. The molecule has 1 heterocycles. The van der Waals surface area contributed by atoms with Crippen molar-refractivity contribution in [1.29, 1.82) is 0 Å². The highest BCUT2D eigenvalue weighted by molar-refractivity contribution is 5.94. The molecule has 4 atom stereocenters. The van der Waals surface area contributed by atoms with Crippen LogP contribution >= 0.6 is 0 Å². The molecule has 1 rings (SSSR count). The number of carboxylic acid groups (broad SMARTS) is 1. The number of aromatic nitrogens is 2. The fourth-order valence-electron chi connectivity index (χ4n) is 3.41. The summed E-state index contributed by atoms with van der Waals surface area (Å²) in [7, 11) is 0. The van der Waals surface area contributed by atoms with Crippen molar-refractivity contribution >= 4 is 29.7 Å². The first kappa shape index (κ1) is 31.4. The molecule has 37 heavy (non-hydrogen) atoms. The van der Waals surface area contributed by atoms with E-state index >= 15 is 0 Å². The number of hydrogen-bond acceptors (Lipinski definition) is 7. The van der Waals surface area contributed by atoms with Crippen LogP contribution in [0.2, 0.25) is 0 Å². The Kier molecular flexibility index (Phi) is 13.1. The van der Waals surface area contributed by atoms with Gasteiger partial charge in [-0.15, -0.1) is 0 Å². The van der Waals surface area contributed by atoms with E-state index in [0.717, 1.165) is 0 Å². The first-order valence-corrected chi connectivity index (χ1v) is 12.2. The van der Waals surface area contributed by atoms with Gasteiger partial charge in [0.1, 0.15) is 18.1 Å². The molecule has 0 saturated heterocycles. The summed E-state index contributed by atoms with van der Waals surface area (Å²) < 4.78 is 0. The zero-order valence-electron chi connectivity index (χ0n) is 21.9. The number of amides is 3. The van der Waals surface area contributed by atoms with E-state index in [4.69, 9.17) is 17.2 Å². The second kappa shape index (κ2) is 15.4. The number of carboxylic acids is 1. The summed E-state index contributed by atoms with van der Waals surface area (Å²) >= 11 is 0. The van der Waals surface area contributed by atoms with Crippen LogP contribution in [0.25, 0.3) is 0 Å². The molecule has 1 aromatic heterocycles. The number of imidazole rings is 1. The van der Waals surface area contributed by atoms with Gasteiger partial charge in [-0.2, -0.15) is 0 Å². The molecule has 0 aliphatic rings. The minimum absolute atomic E-state index is 0.0111. The zero-order valence-corrected chi connectivity index (χ0v) is 21.9. The number of hydrogen-bond donors (Lipinski definition) is 8. The zero-order chi connectivity index (χ0) is 28.1. The third-order valence-corrected chi connectivity index (χ3v) is 5.53. The van der Waals surface area contributed by atoms with Crippen LogP contribution in [-0.4, -0.2) is 75.4 Å². The molecule has 0 bridgehead atoms. The van der Waals surface area contributed by atoms with Crippen LogP contribution in [0.1, 0.15) is 52.7 Å². The van der Waals surface area contributed by atoms with Crippen LogP contribution in [0.4, 0.5) is 0 Å². The Balaban J connectivity index is 3.10. The van der Waals surface area contributed by atoms with Crippen molar-refractivity contribution < 1.29 is 24.3 Å². The lowest BCUT2D eigenvalue weighted by Crippen LogP contribution is -2.58. The first-order chi connectivity index (χ1) is 17.3. The van der Waals surface area contributed by atoms with Crippen LogP contribution in [0.15, 0.2) is 17.5 Å². The van der Waals surface area contributed by atoms with E-state index in [1.807, 2.05) is 13.8 Å². The number of H-pyrrole nitrogens is 1. The fourth-order valence-corrected chi connectivity index (χ4v) is 3.41. The maximum atomic E-state index is 13.3. The van der Waals surface area contributed by atoms with Crippen molar-refractivity contribution in [3.8, 4) is 0 Å². The summed E-state index contributed by atoms with van der Waals surface area (Å²) in [6, 6.07) is -4.15. The topological polar surface area (TPSA) is 244 Å². The van der Waals surface area contributed by atoms with E-state index in [9.17, 15) is 24.3 Å². The van der Waals surface area contributed by atoms with Gasteiger partial charge in [0.2, 0.25) is 17.7 Å². The standard InChI is InChI=1S/C23H41N9O5/c1-12(2)8-17(22(36)37)32-20(34)16(9-14-10-27-11-29-14)31-19(33)15(6-5-7-28-23(25)26)30-21(35)18(24)13(3)4/h10-13,15-18H,5-9,24H2,1-4H3,(H,27,29)(H,30,35)(H,31,33)(H,32,34)(H,36,37)(H4,25,26,28). The van der Waals surface area contributed by atoms with Gasteiger partial charge in [0.25, 0.3) is 0 Å². The number of rotatable bonds is 16. The SMILES string of the molecule is CC(C)CC(NC(=O)C(Cc1cnc[nH]1)NC(=O)C(CCCN=C(N)N)NC(=O)C(N)C(C)C)C(=O)O. The van der Waals surface area contributed by atoms with Crippen LogP contribution in [0, 0.1) is 11.8 Å². The van der Waals surface area contributed by atoms with E-state index in [1.54, 1.807) is 13.8 Å². The van der Waals surface area contributed by atoms with Gasteiger partial charge >= 0.3 is 5.97 Å². The predicted molar refractivity (Wildman–Crippen MR) is 138 cm³/mol. The van der Waals surface area contributed by atoms with E-state index in [1.165, 1.54) is 12.5 Å². The van der Waals surface area contributed by atoms with Crippen LogP contribution in [0.3, 0.4) is 0 Å². The summed E-state index contributed by atoms with van der Waals surface area (Å²) in [6.07, 6.45) is 3.67. The molecule has 11 N–H and O–H groups in total. The highest BCUT2D eigenvalue weighted by Crippen LogP contribution is 2.08. The van der Waals surface area contributed by atoms with Crippen LogP contribution in [-0.2, 0) is 25.6 Å². The number of aromatic amines is 1. The van der Waals surface area contributed by atoms with Gasteiger partial charge in [-0.1, -0.05) is 27.7 Å². The van der Waals surface area contributed by atoms with E-state index < -0.39 is 47.9 Å². The van der Waals surface area contributed by atoms with E-state index in [-0.39, 0.29) is 43.6 Å².